The standard InChI is InChI=1S/C18H28N6.HI/c1-6-19-18(21-12-17-23-22-15(4)24(17)5)20-11-10-16-13(2)8-7-9-14(16)3;/h7-9H,6,10-12H2,1-5H3,(H2,19,20,21);1H. The normalized spacial score (nSPS) is 11.2. The van der Waals surface area contributed by atoms with Crippen molar-refractivity contribution >= 4 is 29.9 Å². The summed E-state index contributed by atoms with van der Waals surface area (Å²) >= 11 is 0. The summed E-state index contributed by atoms with van der Waals surface area (Å²) in [5, 5.41) is 14.9. The molecule has 0 fully saturated rings. The molecule has 1 heterocycles. The zero-order valence-electron chi connectivity index (χ0n) is 15.8. The van der Waals surface area contributed by atoms with Crippen molar-refractivity contribution in [3.8, 4) is 0 Å². The summed E-state index contributed by atoms with van der Waals surface area (Å²) in [6, 6.07) is 6.44. The number of benzene rings is 1. The van der Waals surface area contributed by atoms with Gasteiger partial charge in [0.1, 0.15) is 12.4 Å². The predicted molar refractivity (Wildman–Crippen MR) is 114 cm³/mol. The van der Waals surface area contributed by atoms with Crippen molar-refractivity contribution in [3.63, 3.8) is 0 Å². The van der Waals surface area contributed by atoms with E-state index < -0.39 is 0 Å². The molecular weight excluding hydrogens is 427 g/mol. The van der Waals surface area contributed by atoms with Gasteiger partial charge in [-0.25, -0.2) is 4.99 Å². The third-order valence-corrected chi connectivity index (χ3v) is 4.22. The Hall–Kier alpha value is -1.64. The van der Waals surface area contributed by atoms with Gasteiger partial charge >= 0.3 is 0 Å². The van der Waals surface area contributed by atoms with Gasteiger partial charge in [0, 0.05) is 20.1 Å². The first-order valence-electron chi connectivity index (χ1n) is 8.45. The highest BCUT2D eigenvalue weighted by molar-refractivity contribution is 14.0. The first-order valence-corrected chi connectivity index (χ1v) is 8.45. The Balaban J connectivity index is 0.00000312. The molecule has 0 aliphatic heterocycles. The number of rotatable bonds is 6. The maximum Gasteiger partial charge on any atom is 0.191 e. The van der Waals surface area contributed by atoms with Crippen LogP contribution in [0.1, 0.15) is 35.3 Å². The molecule has 2 rings (SSSR count). The monoisotopic (exact) mass is 456 g/mol. The fraction of sp³-hybridized carbons (Fsp3) is 0.500. The second-order valence-electron chi connectivity index (χ2n) is 5.96. The van der Waals surface area contributed by atoms with Crippen LogP contribution in [0.2, 0.25) is 0 Å². The molecule has 1 aromatic heterocycles. The van der Waals surface area contributed by atoms with Crippen LogP contribution in [0.25, 0.3) is 0 Å². The summed E-state index contributed by atoms with van der Waals surface area (Å²) in [5.74, 6) is 2.57. The maximum atomic E-state index is 4.61. The Morgan fingerprint density at radius 2 is 1.80 bits per heavy atom. The lowest BCUT2D eigenvalue weighted by Gasteiger charge is -2.13. The lowest BCUT2D eigenvalue weighted by atomic mass is 10.0. The van der Waals surface area contributed by atoms with Gasteiger partial charge < -0.3 is 15.2 Å². The molecule has 0 aliphatic carbocycles. The van der Waals surface area contributed by atoms with Gasteiger partial charge in [-0.1, -0.05) is 18.2 Å². The van der Waals surface area contributed by atoms with E-state index in [1.54, 1.807) is 0 Å². The second-order valence-corrected chi connectivity index (χ2v) is 5.96. The predicted octanol–water partition coefficient (Wildman–Crippen LogP) is 2.66. The Kier molecular flexibility index (Phi) is 8.88. The van der Waals surface area contributed by atoms with Crippen LogP contribution >= 0.6 is 24.0 Å². The highest BCUT2D eigenvalue weighted by Gasteiger charge is 2.06. The minimum atomic E-state index is 0. The number of hydrogen-bond acceptors (Lipinski definition) is 3. The summed E-state index contributed by atoms with van der Waals surface area (Å²) in [6.45, 7) is 10.5. The van der Waals surface area contributed by atoms with Crippen LogP contribution in [-0.2, 0) is 20.0 Å². The van der Waals surface area contributed by atoms with E-state index in [0.29, 0.717) is 6.54 Å². The van der Waals surface area contributed by atoms with Crippen LogP contribution in [0.3, 0.4) is 0 Å². The molecule has 2 aromatic rings. The zero-order chi connectivity index (χ0) is 17.5. The lowest BCUT2D eigenvalue weighted by molar-refractivity contribution is 0.752. The molecule has 138 valence electrons. The van der Waals surface area contributed by atoms with Crippen molar-refractivity contribution in [2.24, 2.45) is 12.0 Å². The third kappa shape index (κ3) is 5.98. The van der Waals surface area contributed by atoms with Crippen LogP contribution in [-0.4, -0.2) is 33.8 Å². The minimum Gasteiger partial charge on any atom is -0.357 e. The van der Waals surface area contributed by atoms with Crippen LogP contribution in [0.4, 0.5) is 0 Å². The van der Waals surface area contributed by atoms with Crippen LogP contribution in [0.5, 0.6) is 0 Å². The Bertz CT molecular complexity index is 687. The molecular formula is C18H29IN6. The summed E-state index contributed by atoms with van der Waals surface area (Å²) < 4.78 is 1.96. The quantitative estimate of drug-likeness (QED) is 0.399. The lowest BCUT2D eigenvalue weighted by Crippen LogP contribution is -2.38. The first kappa shape index (κ1) is 21.4. The molecule has 0 saturated heterocycles. The molecule has 25 heavy (non-hydrogen) atoms. The van der Waals surface area contributed by atoms with Gasteiger partial charge in [0.15, 0.2) is 11.8 Å². The molecule has 0 unspecified atom stereocenters. The van der Waals surface area contributed by atoms with Crippen LogP contribution < -0.4 is 10.6 Å². The molecule has 0 amide bonds. The first-order chi connectivity index (χ1) is 11.5. The van der Waals surface area contributed by atoms with E-state index in [9.17, 15) is 0 Å². The van der Waals surface area contributed by atoms with Crippen molar-refractivity contribution in [1.29, 1.82) is 0 Å². The zero-order valence-corrected chi connectivity index (χ0v) is 18.1. The van der Waals surface area contributed by atoms with Crippen molar-refractivity contribution < 1.29 is 0 Å². The van der Waals surface area contributed by atoms with Gasteiger partial charge in [-0.15, -0.1) is 34.2 Å². The van der Waals surface area contributed by atoms with Crippen molar-refractivity contribution in [2.75, 3.05) is 13.1 Å². The molecule has 0 radical (unpaired) electrons. The number of aryl methyl sites for hydroxylation is 3. The molecule has 0 aliphatic rings. The SMILES string of the molecule is CCNC(=NCc1nnc(C)n1C)NCCc1c(C)cccc1C.I. The van der Waals surface area contributed by atoms with Crippen LogP contribution in [0.15, 0.2) is 23.2 Å². The van der Waals surface area contributed by atoms with E-state index >= 15 is 0 Å². The van der Waals surface area contributed by atoms with Gasteiger partial charge in [0.05, 0.1) is 0 Å². The average molecular weight is 456 g/mol. The van der Waals surface area contributed by atoms with E-state index in [2.05, 4.69) is 64.8 Å². The Labute approximate surface area is 167 Å². The van der Waals surface area contributed by atoms with E-state index in [4.69, 9.17) is 0 Å². The fourth-order valence-corrected chi connectivity index (χ4v) is 2.63. The molecule has 0 bridgehead atoms. The average Bonchev–Trinajstić information content (AvgIpc) is 2.87. The molecule has 0 saturated carbocycles. The summed E-state index contributed by atoms with van der Waals surface area (Å²) in [4.78, 5) is 4.61. The minimum absolute atomic E-state index is 0. The van der Waals surface area contributed by atoms with Crippen molar-refractivity contribution in [3.05, 3.63) is 46.5 Å². The number of hydrogen-bond donors (Lipinski definition) is 2. The highest BCUT2D eigenvalue weighted by Crippen LogP contribution is 2.13. The summed E-state index contributed by atoms with van der Waals surface area (Å²) in [6.07, 6.45) is 0.978. The van der Waals surface area contributed by atoms with Gasteiger partial charge in [-0.2, -0.15) is 0 Å². The second kappa shape index (κ2) is 10.4. The molecule has 1 aromatic carbocycles. The van der Waals surface area contributed by atoms with E-state index in [1.807, 2.05) is 18.5 Å². The van der Waals surface area contributed by atoms with Crippen LogP contribution in [0, 0.1) is 20.8 Å². The van der Waals surface area contributed by atoms with Gasteiger partial charge in [0.2, 0.25) is 0 Å². The number of guanidine groups is 1. The maximum absolute atomic E-state index is 4.61. The van der Waals surface area contributed by atoms with E-state index in [-0.39, 0.29) is 24.0 Å². The van der Waals surface area contributed by atoms with Crippen molar-refractivity contribution in [2.45, 2.75) is 40.7 Å². The molecule has 0 spiro atoms. The van der Waals surface area contributed by atoms with Gasteiger partial charge in [0.25, 0.3) is 0 Å². The largest absolute Gasteiger partial charge is 0.357 e. The molecule has 6 nitrogen and oxygen atoms in total. The number of halogens is 1. The number of aliphatic imine (C=N–C) groups is 1. The van der Waals surface area contributed by atoms with E-state index in [0.717, 1.165) is 37.1 Å². The van der Waals surface area contributed by atoms with Gasteiger partial charge in [-0.3, -0.25) is 0 Å². The summed E-state index contributed by atoms with van der Waals surface area (Å²) in [7, 11) is 1.96. The van der Waals surface area contributed by atoms with E-state index in [1.165, 1.54) is 16.7 Å². The topological polar surface area (TPSA) is 67.1 Å². The third-order valence-electron chi connectivity index (χ3n) is 4.22. The Morgan fingerprint density at radius 1 is 1.12 bits per heavy atom. The number of nitrogens with one attached hydrogen (secondary N) is 2. The smallest absolute Gasteiger partial charge is 0.191 e. The van der Waals surface area contributed by atoms with Crippen molar-refractivity contribution in [1.82, 2.24) is 25.4 Å². The highest BCUT2D eigenvalue weighted by atomic mass is 127. The Morgan fingerprint density at radius 3 is 2.36 bits per heavy atom. The molecule has 2 N–H and O–H groups in total. The van der Waals surface area contributed by atoms with Gasteiger partial charge in [-0.05, 0) is 50.8 Å². The summed E-state index contributed by atoms with van der Waals surface area (Å²) in [5.41, 5.74) is 4.09. The number of aromatic nitrogens is 3. The number of nitrogens with zero attached hydrogens (tertiary/aromatic N) is 4. The molecule has 7 heteroatoms. The molecule has 0 atom stereocenters. The fourth-order valence-electron chi connectivity index (χ4n) is 2.63.